The van der Waals surface area contributed by atoms with Gasteiger partial charge in [-0.05, 0) is 38.5 Å². The van der Waals surface area contributed by atoms with Gasteiger partial charge in [-0.25, -0.2) is 0 Å². The number of halogens is 3. The fourth-order valence-electron chi connectivity index (χ4n) is 4.36. The number of nitrogens with zero attached hydrogens (tertiary/aromatic N) is 1. The maximum absolute atomic E-state index is 13.1. The third-order valence-corrected chi connectivity index (χ3v) is 5.77. The van der Waals surface area contributed by atoms with Gasteiger partial charge in [-0.1, -0.05) is 25.7 Å². The second kappa shape index (κ2) is 7.54. The molecular weight excluding hydrogens is 335 g/mol. The highest BCUT2D eigenvalue weighted by Gasteiger charge is 2.49. The lowest BCUT2D eigenvalue weighted by molar-refractivity contribution is -0.205. The molecule has 0 saturated heterocycles. The Morgan fingerprint density at radius 3 is 2.04 bits per heavy atom. The van der Waals surface area contributed by atoms with Gasteiger partial charge in [0.2, 0.25) is 0 Å². The fraction of sp³-hybridized carbons (Fsp3) is 0.889. The summed E-state index contributed by atoms with van der Waals surface area (Å²) in [4.78, 5) is 26.5. The molecule has 0 radical (unpaired) electrons. The lowest BCUT2D eigenvalue weighted by atomic mass is 9.79. The maximum Gasteiger partial charge on any atom is 0.392 e. The molecule has 3 saturated carbocycles. The number of esters is 1. The van der Waals surface area contributed by atoms with E-state index >= 15 is 0 Å². The van der Waals surface area contributed by atoms with E-state index < -0.39 is 30.6 Å². The van der Waals surface area contributed by atoms with Crippen molar-refractivity contribution in [2.45, 2.75) is 82.5 Å². The summed E-state index contributed by atoms with van der Waals surface area (Å²) in [5, 5.41) is 0. The topological polar surface area (TPSA) is 46.6 Å². The number of carbonyl (C=O) groups excluding carboxylic acids is 2. The summed E-state index contributed by atoms with van der Waals surface area (Å²) in [6.45, 7) is -0.424. The Morgan fingerprint density at radius 1 is 0.880 bits per heavy atom. The van der Waals surface area contributed by atoms with E-state index in [1.54, 1.807) is 0 Å². The van der Waals surface area contributed by atoms with E-state index in [0.29, 0.717) is 12.8 Å². The van der Waals surface area contributed by atoms with Crippen LogP contribution in [0.2, 0.25) is 0 Å². The van der Waals surface area contributed by atoms with Crippen LogP contribution < -0.4 is 0 Å². The van der Waals surface area contributed by atoms with Crippen molar-refractivity contribution in [1.29, 1.82) is 0 Å². The molecule has 7 heteroatoms. The van der Waals surface area contributed by atoms with Crippen LogP contribution in [0, 0.1) is 11.8 Å². The van der Waals surface area contributed by atoms with Crippen molar-refractivity contribution in [2.24, 2.45) is 11.8 Å². The van der Waals surface area contributed by atoms with E-state index in [1.807, 2.05) is 4.90 Å². The molecule has 0 spiro atoms. The normalized spacial score (nSPS) is 28.0. The third kappa shape index (κ3) is 4.47. The Labute approximate surface area is 146 Å². The molecule has 0 aromatic heterocycles. The molecule has 0 heterocycles. The molecule has 25 heavy (non-hydrogen) atoms. The number of alkyl halides is 3. The molecule has 0 aliphatic heterocycles. The third-order valence-electron chi connectivity index (χ3n) is 5.77. The van der Waals surface area contributed by atoms with Gasteiger partial charge >= 0.3 is 12.1 Å². The van der Waals surface area contributed by atoms with E-state index in [4.69, 9.17) is 4.74 Å². The molecular formula is C18H26F3NO3. The molecule has 3 aliphatic rings. The lowest BCUT2D eigenvalue weighted by Crippen LogP contribution is -2.44. The molecule has 0 aromatic rings. The molecule has 0 bridgehead atoms. The van der Waals surface area contributed by atoms with Crippen LogP contribution in [-0.2, 0) is 14.3 Å². The summed E-state index contributed by atoms with van der Waals surface area (Å²) in [5.74, 6) is -3.92. The first-order valence-electron chi connectivity index (χ1n) is 9.42. The average Bonchev–Trinajstić information content (AvgIpc) is 3.26. The summed E-state index contributed by atoms with van der Waals surface area (Å²) in [7, 11) is 0. The maximum atomic E-state index is 13.1. The van der Waals surface area contributed by atoms with Crippen LogP contribution in [0.1, 0.15) is 64.2 Å². The van der Waals surface area contributed by atoms with Crippen molar-refractivity contribution >= 4 is 11.9 Å². The van der Waals surface area contributed by atoms with Gasteiger partial charge in [0.15, 0.2) is 6.61 Å². The Balaban J connectivity index is 1.56. The molecule has 3 fully saturated rings. The SMILES string of the molecule is O=C(OCC(=O)N(C1CCCC1)C1CC1)[C@H]1CCCC[C@H]1C(F)(F)F. The zero-order valence-corrected chi connectivity index (χ0v) is 14.4. The van der Waals surface area contributed by atoms with E-state index in [2.05, 4.69) is 0 Å². The van der Waals surface area contributed by atoms with Gasteiger partial charge in [-0.2, -0.15) is 13.2 Å². The van der Waals surface area contributed by atoms with E-state index in [-0.39, 0.29) is 30.8 Å². The predicted molar refractivity (Wildman–Crippen MR) is 84.6 cm³/mol. The molecule has 0 N–H and O–H groups in total. The minimum absolute atomic E-state index is 0.0342. The van der Waals surface area contributed by atoms with Gasteiger partial charge in [0.25, 0.3) is 5.91 Å². The summed E-state index contributed by atoms with van der Waals surface area (Å²) in [6.07, 6.45) is 2.89. The average molecular weight is 361 g/mol. The Morgan fingerprint density at radius 2 is 1.44 bits per heavy atom. The van der Waals surface area contributed by atoms with Crippen LogP contribution in [0.25, 0.3) is 0 Å². The van der Waals surface area contributed by atoms with Crippen molar-refractivity contribution in [3.63, 3.8) is 0 Å². The molecule has 1 amide bonds. The fourth-order valence-corrected chi connectivity index (χ4v) is 4.36. The lowest BCUT2D eigenvalue weighted by Gasteiger charge is -2.32. The van der Waals surface area contributed by atoms with Crippen molar-refractivity contribution in [1.82, 2.24) is 4.90 Å². The second-order valence-corrected chi connectivity index (χ2v) is 7.62. The first-order valence-corrected chi connectivity index (χ1v) is 9.42. The Bertz CT molecular complexity index is 498. The summed E-state index contributed by atoms with van der Waals surface area (Å²) in [5.41, 5.74) is 0. The van der Waals surface area contributed by atoms with Crippen LogP contribution in [0.15, 0.2) is 0 Å². The van der Waals surface area contributed by atoms with Crippen molar-refractivity contribution in [2.75, 3.05) is 6.61 Å². The highest BCUT2D eigenvalue weighted by atomic mass is 19.4. The first-order chi connectivity index (χ1) is 11.9. The van der Waals surface area contributed by atoms with Crippen molar-refractivity contribution in [3.05, 3.63) is 0 Å². The Hall–Kier alpha value is -1.27. The molecule has 3 aliphatic carbocycles. The second-order valence-electron chi connectivity index (χ2n) is 7.62. The van der Waals surface area contributed by atoms with Crippen LogP contribution in [0.3, 0.4) is 0 Å². The Kier molecular flexibility index (Phi) is 5.58. The van der Waals surface area contributed by atoms with Crippen molar-refractivity contribution < 1.29 is 27.5 Å². The van der Waals surface area contributed by atoms with Crippen LogP contribution in [-0.4, -0.2) is 41.6 Å². The molecule has 3 rings (SSSR count). The minimum atomic E-state index is -4.39. The zero-order valence-electron chi connectivity index (χ0n) is 14.4. The number of rotatable bonds is 5. The minimum Gasteiger partial charge on any atom is -0.455 e. The summed E-state index contributed by atoms with van der Waals surface area (Å²) < 4.78 is 44.4. The molecule has 0 aromatic carbocycles. The quantitative estimate of drug-likeness (QED) is 0.699. The van der Waals surface area contributed by atoms with Crippen LogP contribution in [0.5, 0.6) is 0 Å². The van der Waals surface area contributed by atoms with E-state index in [1.165, 1.54) is 0 Å². The van der Waals surface area contributed by atoms with E-state index in [9.17, 15) is 22.8 Å². The summed E-state index contributed by atoms with van der Waals surface area (Å²) >= 11 is 0. The number of hydrogen-bond acceptors (Lipinski definition) is 3. The smallest absolute Gasteiger partial charge is 0.392 e. The van der Waals surface area contributed by atoms with Gasteiger partial charge in [0.05, 0.1) is 11.8 Å². The van der Waals surface area contributed by atoms with Crippen LogP contribution >= 0.6 is 0 Å². The zero-order chi connectivity index (χ0) is 18.0. The van der Waals surface area contributed by atoms with Gasteiger partial charge in [0, 0.05) is 12.1 Å². The molecule has 2 atom stereocenters. The van der Waals surface area contributed by atoms with Gasteiger partial charge in [-0.15, -0.1) is 0 Å². The highest BCUT2D eigenvalue weighted by Crippen LogP contribution is 2.42. The van der Waals surface area contributed by atoms with Gasteiger partial charge in [0.1, 0.15) is 0 Å². The first kappa shape index (κ1) is 18.5. The predicted octanol–water partition coefficient (Wildman–Crippen LogP) is 3.83. The number of ether oxygens (including phenoxy) is 1. The van der Waals surface area contributed by atoms with Crippen molar-refractivity contribution in [3.8, 4) is 0 Å². The monoisotopic (exact) mass is 361 g/mol. The van der Waals surface area contributed by atoms with Gasteiger partial charge < -0.3 is 9.64 Å². The van der Waals surface area contributed by atoms with Gasteiger partial charge in [-0.3, -0.25) is 9.59 Å². The molecule has 142 valence electrons. The van der Waals surface area contributed by atoms with Crippen LogP contribution in [0.4, 0.5) is 13.2 Å². The molecule has 4 nitrogen and oxygen atoms in total. The summed E-state index contributed by atoms with van der Waals surface area (Å²) in [6, 6.07) is 0.434. The number of carbonyl (C=O) groups is 2. The molecule has 0 unspecified atom stereocenters. The standard InChI is InChI=1S/C18H26F3NO3/c19-18(20,21)15-8-4-3-7-14(15)17(24)25-11-16(23)22(13-9-10-13)12-5-1-2-6-12/h12-15H,1-11H2/t14-,15+/m0/s1. The number of hydrogen-bond donors (Lipinski definition) is 0. The van der Waals surface area contributed by atoms with E-state index in [0.717, 1.165) is 38.5 Å². The highest BCUT2D eigenvalue weighted by molar-refractivity contribution is 5.82. The largest absolute Gasteiger partial charge is 0.455 e. The number of amides is 1.